The summed E-state index contributed by atoms with van der Waals surface area (Å²) in [7, 11) is 0. The van der Waals surface area contributed by atoms with E-state index in [1.54, 1.807) is 11.3 Å². The Labute approximate surface area is 135 Å². The Morgan fingerprint density at radius 3 is 2.56 bits per heavy atom. The summed E-state index contributed by atoms with van der Waals surface area (Å²) < 4.78 is 2.84. The van der Waals surface area contributed by atoms with Crippen molar-refractivity contribution < 1.29 is 0 Å². The van der Waals surface area contributed by atoms with E-state index < -0.39 is 0 Å². The van der Waals surface area contributed by atoms with Crippen LogP contribution in [-0.2, 0) is 6.42 Å². The minimum Gasteiger partial charge on any atom is -0.383 e. The molecule has 0 atom stereocenters. The van der Waals surface area contributed by atoms with Crippen LogP contribution < -0.4 is 5.73 Å². The maximum absolute atomic E-state index is 5.92. The molecule has 0 aromatic carbocycles. The van der Waals surface area contributed by atoms with E-state index in [9.17, 15) is 0 Å². The number of nitrogens with zero attached hydrogens (tertiary/aromatic N) is 2. The number of halogens is 3. The average Bonchev–Trinajstić information content (AvgIpc) is 2.65. The van der Waals surface area contributed by atoms with Gasteiger partial charge in [-0.05, 0) is 60.3 Å². The number of aryl methyl sites for hydroxylation is 1. The number of hydrogen-bond acceptors (Lipinski definition) is 4. The minimum atomic E-state index is 0.490. The molecular formula is C11H10Br3N3S. The zero-order valence-corrected chi connectivity index (χ0v) is 15.1. The fourth-order valence-electron chi connectivity index (χ4n) is 1.48. The predicted molar refractivity (Wildman–Crippen MR) is 86.9 cm³/mol. The van der Waals surface area contributed by atoms with Crippen molar-refractivity contribution in [1.29, 1.82) is 0 Å². The Balaban J connectivity index is 2.51. The molecule has 0 aliphatic heterocycles. The Kier molecular flexibility index (Phi) is 4.80. The van der Waals surface area contributed by atoms with Gasteiger partial charge in [0.05, 0.1) is 18.8 Å². The van der Waals surface area contributed by atoms with Gasteiger partial charge in [-0.2, -0.15) is 0 Å². The lowest BCUT2D eigenvalue weighted by atomic mass is 10.2. The van der Waals surface area contributed by atoms with Gasteiger partial charge in [-0.25, -0.2) is 9.97 Å². The fraction of sp³-hybridized carbons (Fsp3) is 0.273. The monoisotopic (exact) mass is 453 g/mol. The zero-order valence-electron chi connectivity index (χ0n) is 9.51. The fourth-order valence-corrected chi connectivity index (χ4v) is 3.83. The molecule has 2 heterocycles. The van der Waals surface area contributed by atoms with Gasteiger partial charge in [0, 0.05) is 4.47 Å². The van der Waals surface area contributed by atoms with E-state index in [0.29, 0.717) is 11.6 Å². The number of nitrogens with two attached hydrogens (primary N) is 1. The first-order valence-corrected chi connectivity index (χ1v) is 8.49. The molecule has 0 aliphatic rings. The van der Waals surface area contributed by atoms with Crippen molar-refractivity contribution >= 4 is 64.9 Å². The molecular weight excluding hydrogens is 446 g/mol. The Bertz CT molecular complexity index is 564. The van der Waals surface area contributed by atoms with Crippen molar-refractivity contribution in [2.75, 3.05) is 5.73 Å². The van der Waals surface area contributed by atoms with Gasteiger partial charge in [-0.15, -0.1) is 11.3 Å². The second-order valence-corrected chi connectivity index (χ2v) is 7.69. The summed E-state index contributed by atoms with van der Waals surface area (Å²) in [5.41, 5.74) is 6.88. The third-order valence-corrected chi connectivity index (χ3v) is 6.41. The lowest BCUT2D eigenvalue weighted by molar-refractivity contribution is 0.870. The molecule has 2 aromatic rings. The van der Waals surface area contributed by atoms with Crippen LogP contribution in [0.4, 0.5) is 5.82 Å². The Morgan fingerprint density at radius 2 is 2.00 bits per heavy atom. The highest BCUT2D eigenvalue weighted by Crippen LogP contribution is 2.38. The zero-order chi connectivity index (χ0) is 13.3. The van der Waals surface area contributed by atoms with Crippen LogP contribution in [0.5, 0.6) is 0 Å². The normalized spacial score (nSPS) is 10.9. The van der Waals surface area contributed by atoms with Gasteiger partial charge in [0.2, 0.25) is 0 Å². The molecule has 2 rings (SSSR count). The summed E-state index contributed by atoms with van der Waals surface area (Å²) in [4.78, 5) is 9.90. The SMILES string of the molecule is CCCc1nc(-c2cc(Br)c(Br)s2)nc(N)c1Br. The summed E-state index contributed by atoms with van der Waals surface area (Å²) in [6.07, 6.45) is 1.90. The lowest BCUT2D eigenvalue weighted by Gasteiger charge is -2.06. The van der Waals surface area contributed by atoms with Gasteiger partial charge in [0.1, 0.15) is 5.82 Å². The van der Waals surface area contributed by atoms with Gasteiger partial charge in [-0.1, -0.05) is 13.3 Å². The van der Waals surface area contributed by atoms with Crippen LogP contribution >= 0.6 is 59.1 Å². The Hall–Kier alpha value is 0.0200. The van der Waals surface area contributed by atoms with Crippen molar-refractivity contribution in [3.05, 3.63) is 24.5 Å². The second-order valence-electron chi connectivity index (χ2n) is 3.68. The Morgan fingerprint density at radius 1 is 1.28 bits per heavy atom. The smallest absolute Gasteiger partial charge is 0.172 e. The van der Waals surface area contributed by atoms with Crippen LogP contribution in [0.3, 0.4) is 0 Å². The molecule has 0 fully saturated rings. The molecule has 96 valence electrons. The van der Waals surface area contributed by atoms with Crippen molar-refractivity contribution in [2.45, 2.75) is 19.8 Å². The molecule has 0 aliphatic carbocycles. The first-order chi connectivity index (χ1) is 8.52. The van der Waals surface area contributed by atoms with E-state index in [4.69, 9.17) is 5.73 Å². The first kappa shape index (κ1) is 14.4. The highest BCUT2D eigenvalue weighted by molar-refractivity contribution is 9.13. The van der Waals surface area contributed by atoms with Crippen LogP contribution in [0.1, 0.15) is 19.0 Å². The molecule has 0 unspecified atom stereocenters. The third-order valence-electron chi connectivity index (χ3n) is 2.30. The van der Waals surface area contributed by atoms with E-state index in [-0.39, 0.29) is 0 Å². The van der Waals surface area contributed by atoms with Crippen LogP contribution in [0.25, 0.3) is 10.7 Å². The minimum absolute atomic E-state index is 0.490. The average molecular weight is 456 g/mol. The number of hydrogen-bond donors (Lipinski definition) is 1. The first-order valence-electron chi connectivity index (χ1n) is 5.30. The number of anilines is 1. The molecule has 18 heavy (non-hydrogen) atoms. The number of aromatic nitrogens is 2. The second kappa shape index (κ2) is 5.98. The molecule has 3 nitrogen and oxygen atoms in total. The largest absolute Gasteiger partial charge is 0.383 e. The van der Waals surface area contributed by atoms with E-state index >= 15 is 0 Å². The summed E-state index contributed by atoms with van der Waals surface area (Å²) in [5, 5.41) is 0. The third kappa shape index (κ3) is 2.95. The topological polar surface area (TPSA) is 51.8 Å². The van der Waals surface area contributed by atoms with Crippen LogP contribution in [-0.4, -0.2) is 9.97 Å². The van der Waals surface area contributed by atoms with Gasteiger partial charge >= 0.3 is 0 Å². The number of thiophene rings is 1. The summed E-state index contributed by atoms with van der Waals surface area (Å²) in [6.45, 7) is 2.11. The predicted octanol–water partition coefficient (Wildman–Crippen LogP) is 5.03. The quantitative estimate of drug-likeness (QED) is 0.706. The molecule has 0 bridgehead atoms. The molecule has 0 saturated carbocycles. The van der Waals surface area contributed by atoms with Crippen molar-refractivity contribution in [1.82, 2.24) is 9.97 Å². The van der Waals surface area contributed by atoms with Gasteiger partial charge in [0.15, 0.2) is 5.82 Å². The molecule has 0 radical (unpaired) electrons. The number of rotatable bonds is 3. The van der Waals surface area contributed by atoms with Crippen molar-refractivity contribution in [2.24, 2.45) is 0 Å². The summed E-state index contributed by atoms with van der Waals surface area (Å²) in [6, 6.07) is 1.99. The van der Waals surface area contributed by atoms with Crippen LogP contribution in [0.2, 0.25) is 0 Å². The van der Waals surface area contributed by atoms with E-state index in [2.05, 4.69) is 64.7 Å². The molecule has 0 amide bonds. The van der Waals surface area contributed by atoms with Gasteiger partial charge in [0.25, 0.3) is 0 Å². The lowest BCUT2D eigenvalue weighted by Crippen LogP contribution is -2.02. The highest BCUT2D eigenvalue weighted by atomic mass is 79.9. The maximum atomic E-state index is 5.92. The van der Waals surface area contributed by atoms with E-state index in [1.165, 1.54) is 0 Å². The van der Waals surface area contributed by atoms with Crippen molar-refractivity contribution in [3.8, 4) is 10.7 Å². The summed E-state index contributed by atoms with van der Waals surface area (Å²) in [5.74, 6) is 1.17. The molecule has 2 N–H and O–H groups in total. The highest BCUT2D eigenvalue weighted by Gasteiger charge is 2.14. The summed E-state index contributed by atoms with van der Waals surface area (Å²) >= 11 is 12.0. The standard InChI is InChI=1S/C11H10Br3N3S/c1-2-3-6-8(13)10(15)17-11(16-6)7-4-5(12)9(14)18-7/h4H,2-3H2,1H3,(H2,15,16,17). The van der Waals surface area contributed by atoms with Crippen LogP contribution in [0, 0.1) is 0 Å². The van der Waals surface area contributed by atoms with E-state index in [0.717, 1.165) is 36.1 Å². The van der Waals surface area contributed by atoms with Crippen LogP contribution in [0.15, 0.2) is 18.8 Å². The molecule has 0 saturated heterocycles. The van der Waals surface area contributed by atoms with Gasteiger partial charge in [-0.3, -0.25) is 0 Å². The maximum Gasteiger partial charge on any atom is 0.172 e. The molecule has 2 aromatic heterocycles. The van der Waals surface area contributed by atoms with E-state index in [1.807, 2.05) is 6.07 Å². The number of nitrogen functional groups attached to an aromatic ring is 1. The van der Waals surface area contributed by atoms with Gasteiger partial charge < -0.3 is 5.73 Å². The van der Waals surface area contributed by atoms with Crippen molar-refractivity contribution in [3.63, 3.8) is 0 Å². The molecule has 0 spiro atoms. The molecule has 7 heteroatoms.